The zero-order chi connectivity index (χ0) is 17.6. The van der Waals surface area contributed by atoms with Crippen LogP contribution in [0.4, 0.5) is 5.69 Å². The molecular formula is C15H18AsNO6. The maximum Gasteiger partial charge on any atom is 0.115 e. The van der Waals surface area contributed by atoms with Crippen LogP contribution in [0.5, 0.6) is 11.5 Å². The van der Waals surface area contributed by atoms with Crippen LogP contribution in [-0.2, 0) is 8.53 Å². The summed E-state index contributed by atoms with van der Waals surface area (Å²) in [6.45, 7) is 3.22. The van der Waals surface area contributed by atoms with Crippen molar-refractivity contribution in [2.75, 3.05) is 5.32 Å². The number of benzene rings is 2. The molecule has 0 aromatic heterocycles. The monoisotopic (exact) mass is 383 g/mol. The molecule has 0 unspecified atom stereocenters. The van der Waals surface area contributed by atoms with Crippen molar-refractivity contribution in [1.29, 1.82) is 0 Å². The Hall–Kier alpha value is -2.21. The number of carbonyl (C=O) groups excluding carboxylic acids is 1. The van der Waals surface area contributed by atoms with Crippen LogP contribution >= 0.6 is 0 Å². The Balaban J connectivity index is 0.000000277. The molecular weight excluding hydrogens is 365 g/mol. The van der Waals surface area contributed by atoms with E-state index in [1.54, 1.807) is 12.1 Å². The van der Waals surface area contributed by atoms with Crippen LogP contribution in [0.3, 0.4) is 0 Å². The third kappa shape index (κ3) is 6.61. The van der Waals surface area contributed by atoms with Crippen LogP contribution in [0, 0.1) is 6.92 Å². The van der Waals surface area contributed by atoms with Crippen LogP contribution in [0.15, 0.2) is 42.5 Å². The predicted octanol–water partition coefficient (Wildman–Crippen LogP) is 0.612. The van der Waals surface area contributed by atoms with E-state index in [1.165, 1.54) is 12.5 Å². The summed E-state index contributed by atoms with van der Waals surface area (Å²) in [6.07, 6.45) is 0. The number of hydrogen-bond donors (Lipinski definition) is 5. The van der Waals surface area contributed by atoms with Crippen molar-refractivity contribution in [3.8, 4) is 11.5 Å². The molecule has 0 aliphatic rings. The molecule has 2 aromatic carbocycles. The molecule has 124 valence electrons. The minimum Gasteiger partial charge on any atom is -0.508 e. The fraction of sp³-hybridized carbons (Fsp3) is 0.133. The Kier molecular flexibility index (Phi) is 6.45. The third-order valence-corrected chi connectivity index (χ3v) is 4.66. The number of aromatic hydroxyl groups is 2. The van der Waals surface area contributed by atoms with Crippen molar-refractivity contribution in [3.63, 3.8) is 0 Å². The van der Waals surface area contributed by atoms with Crippen LogP contribution in [0.25, 0.3) is 0 Å². The molecule has 5 N–H and O–H groups in total. The van der Waals surface area contributed by atoms with E-state index < -0.39 is 20.1 Å². The Bertz CT molecular complexity index is 702. The third-order valence-electron chi connectivity index (χ3n) is 2.66. The van der Waals surface area contributed by atoms with E-state index in [0.29, 0.717) is 5.75 Å². The van der Waals surface area contributed by atoms with Crippen LogP contribution in [0.2, 0.25) is 0 Å². The summed E-state index contributed by atoms with van der Waals surface area (Å²) in [6, 6.07) is 10.4. The molecule has 2 aromatic rings. The van der Waals surface area contributed by atoms with Gasteiger partial charge in [-0.25, -0.2) is 0 Å². The first kappa shape index (κ1) is 18.8. The molecule has 0 saturated heterocycles. The standard InChI is InChI=1S/C8H10AsNO5.C7H8O/c1-5(11)10-7-4-6(9(13,14)15)2-3-8(7)12;1-6-2-4-7(8)5-3-6/h2-4,12H,1H3,(H,10,11)(H2,13,14,15);2-5,8H,1H3. The normalized spacial score (nSPS) is 10.4. The zero-order valence-electron chi connectivity index (χ0n) is 12.6. The molecule has 0 atom stereocenters. The molecule has 0 spiro atoms. The van der Waals surface area contributed by atoms with Gasteiger partial charge in [-0.15, -0.1) is 0 Å². The number of nitrogens with one attached hydrogen (secondary N) is 1. The molecule has 23 heavy (non-hydrogen) atoms. The number of carbonyl (C=O) groups is 1. The van der Waals surface area contributed by atoms with Crippen molar-refractivity contribution in [2.24, 2.45) is 0 Å². The molecule has 8 heteroatoms. The number of phenols is 2. The number of aryl methyl sites for hydroxylation is 1. The Morgan fingerprint density at radius 3 is 2.04 bits per heavy atom. The molecule has 0 bridgehead atoms. The molecule has 1 amide bonds. The smallest absolute Gasteiger partial charge is 0.115 e. The minimum atomic E-state index is -4.98. The van der Waals surface area contributed by atoms with Crippen LogP contribution in [0.1, 0.15) is 12.5 Å². The summed E-state index contributed by atoms with van der Waals surface area (Å²) < 4.78 is 28.6. The first-order valence-electron chi connectivity index (χ1n) is 6.52. The molecule has 0 fully saturated rings. The van der Waals surface area contributed by atoms with E-state index in [0.717, 1.165) is 18.2 Å². The zero-order valence-corrected chi connectivity index (χ0v) is 14.5. The van der Waals surface area contributed by atoms with Gasteiger partial charge in [-0.2, -0.15) is 0 Å². The summed E-state index contributed by atoms with van der Waals surface area (Å²) in [7, 11) is 0. The van der Waals surface area contributed by atoms with Crippen molar-refractivity contribution in [3.05, 3.63) is 48.0 Å². The quantitative estimate of drug-likeness (QED) is 0.382. The van der Waals surface area contributed by atoms with Gasteiger partial charge in [-0.1, -0.05) is 17.7 Å². The largest absolute Gasteiger partial charge is 0.508 e. The van der Waals surface area contributed by atoms with E-state index in [4.69, 9.17) is 13.3 Å². The minimum absolute atomic E-state index is 0.00951. The van der Waals surface area contributed by atoms with E-state index >= 15 is 0 Å². The number of rotatable bonds is 2. The predicted molar refractivity (Wildman–Crippen MR) is 85.8 cm³/mol. The SMILES string of the molecule is CC(=O)Nc1cc([As](=O)(O)O)ccc1O.Cc1ccc(O)cc1. The Morgan fingerprint density at radius 1 is 1.04 bits per heavy atom. The van der Waals surface area contributed by atoms with Gasteiger partial charge >= 0.3 is 88.1 Å². The van der Waals surface area contributed by atoms with Crippen LogP contribution in [-0.4, -0.2) is 38.5 Å². The number of anilines is 1. The van der Waals surface area contributed by atoms with E-state index in [9.17, 15) is 13.6 Å². The molecule has 0 aliphatic heterocycles. The van der Waals surface area contributed by atoms with Crippen molar-refractivity contribution < 1.29 is 26.9 Å². The summed E-state index contributed by atoms with van der Waals surface area (Å²) >= 11 is -4.98. The molecule has 0 aliphatic carbocycles. The summed E-state index contributed by atoms with van der Waals surface area (Å²) in [5.74, 6) is -0.339. The van der Waals surface area contributed by atoms with Gasteiger partial charge in [0.1, 0.15) is 5.75 Å². The number of amides is 1. The summed E-state index contributed by atoms with van der Waals surface area (Å²) in [5, 5.41) is 20.3. The second-order valence-electron chi connectivity index (χ2n) is 4.76. The first-order chi connectivity index (χ1) is 10.6. The summed E-state index contributed by atoms with van der Waals surface area (Å²) in [5.41, 5.74) is 1.16. The van der Waals surface area contributed by atoms with Crippen molar-refractivity contribution in [1.82, 2.24) is 0 Å². The maximum absolute atomic E-state index is 10.9. The Morgan fingerprint density at radius 2 is 1.61 bits per heavy atom. The van der Waals surface area contributed by atoms with Crippen molar-refractivity contribution in [2.45, 2.75) is 13.8 Å². The Labute approximate surface area is 136 Å². The van der Waals surface area contributed by atoms with Gasteiger partial charge in [-0.3, -0.25) is 0 Å². The molecule has 2 rings (SSSR count). The molecule has 0 saturated carbocycles. The molecule has 0 heterocycles. The van der Waals surface area contributed by atoms with E-state index in [2.05, 4.69) is 5.32 Å². The first-order valence-corrected chi connectivity index (χ1v) is 9.90. The van der Waals surface area contributed by atoms with Gasteiger partial charge in [0.25, 0.3) is 0 Å². The number of phenolic OH excluding ortho intramolecular Hbond substituents is 2. The van der Waals surface area contributed by atoms with Gasteiger partial charge in [0.15, 0.2) is 0 Å². The second-order valence-corrected chi connectivity index (χ2v) is 8.13. The van der Waals surface area contributed by atoms with Crippen LogP contribution < -0.4 is 9.67 Å². The summed E-state index contributed by atoms with van der Waals surface area (Å²) in [4.78, 5) is 10.7. The fourth-order valence-corrected chi connectivity index (χ4v) is 2.73. The van der Waals surface area contributed by atoms with Gasteiger partial charge in [0.05, 0.1) is 0 Å². The van der Waals surface area contributed by atoms with Crippen molar-refractivity contribution >= 4 is 30.1 Å². The van der Waals surface area contributed by atoms with Gasteiger partial charge < -0.3 is 5.11 Å². The second kappa shape index (κ2) is 7.87. The topological polar surface area (TPSA) is 127 Å². The molecule has 0 radical (unpaired) electrons. The van der Waals surface area contributed by atoms with Gasteiger partial charge in [0.2, 0.25) is 0 Å². The van der Waals surface area contributed by atoms with E-state index in [1.807, 2.05) is 19.1 Å². The maximum atomic E-state index is 10.9. The van der Waals surface area contributed by atoms with E-state index in [-0.39, 0.29) is 15.8 Å². The average molecular weight is 383 g/mol. The van der Waals surface area contributed by atoms with Gasteiger partial charge in [0, 0.05) is 0 Å². The van der Waals surface area contributed by atoms with Gasteiger partial charge in [-0.05, 0) is 19.1 Å². The fourth-order valence-electron chi connectivity index (χ4n) is 1.54. The number of hydrogen-bond acceptors (Lipinski definition) is 4. The molecule has 7 nitrogen and oxygen atoms in total. The average Bonchev–Trinajstić information content (AvgIpc) is 2.43.